The number of likely N-dealkylation sites (N-methyl/N-ethyl adjacent to an activating group) is 1. The van der Waals surface area contributed by atoms with Crippen LogP contribution in [0.25, 0.3) is 0 Å². The highest BCUT2D eigenvalue weighted by molar-refractivity contribution is 7.92. The van der Waals surface area contributed by atoms with Crippen LogP contribution in [0.15, 0.2) is 34.0 Å². The van der Waals surface area contributed by atoms with Gasteiger partial charge in [-0.3, -0.25) is 4.72 Å². The zero-order chi connectivity index (χ0) is 18.9. The van der Waals surface area contributed by atoms with Gasteiger partial charge in [0.2, 0.25) is 0 Å². The molecule has 0 radical (unpaired) electrons. The molecule has 0 aliphatic carbocycles. The van der Waals surface area contributed by atoms with Crippen molar-refractivity contribution in [3.63, 3.8) is 0 Å². The topological polar surface area (TPSA) is 103 Å². The highest BCUT2D eigenvalue weighted by atomic mass is 35.5. The van der Waals surface area contributed by atoms with E-state index in [1.54, 1.807) is 11.4 Å². The number of carbonyl (C=O) groups is 1. The summed E-state index contributed by atoms with van der Waals surface area (Å²) in [6, 6.07) is 4.46. The molecule has 1 fully saturated rings. The Morgan fingerprint density at radius 1 is 1.50 bits per heavy atom. The lowest BCUT2D eigenvalue weighted by Gasteiger charge is -2.27. The Morgan fingerprint density at radius 3 is 2.85 bits per heavy atom. The van der Waals surface area contributed by atoms with Crippen LogP contribution < -0.4 is 9.62 Å². The Balaban J connectivity index is 1.78. The molecule has 1 aromatic carbocycles. The van der Waals surface area contributed by atoms with E-state index >= 15 is 0 Å². The van der Waals surface area contributed by atoms with Crippen molar-refractivity contribution < 1.29 is 18.3 Å². The summed E-state index contributed by atoms with van der Waals surface area (Å²) in [4.78, 5) is 18.2. The van der Waals surface area contributed by atoms with Crippen LogP contribution in [0.2, 0.25) is 5.02 Å². The van der Waals surface area contributed by atoms with E-state index in [0.717, 1.165) is 0 Å². The van der Waals surface area contributed by atoms with Crippen LogP contribution >= 0.6 is 22.9 Å². The molecule has 0 spiro atoms. The van der Waals surface area contributed by atoms with Crippen LogP contribution in [-0.2, 0) is 10.0 Å². The van der Waals surface area contributed by atoms with Crippen molar-refractivity contribution in [3.8, 4) is 0 Å². The smallest absolute Gasteiger partial charge is 0.407 e. The maximum Gasteiger partial charge on any atom is 0.407 e. The predicted octanol–water partition coefficient (Wildman–Crippen LogP) is 2.79. The van der Waals surface area contributed by atoms with Crippen molar-refractivity contribution in [3.05, 3.63) is 34.1 Å². The zero-order valence-corrected chi connectivity index (χ0v) is 16.2. The van der Waals surface area contributed by atoms with Crippen LogP contribution in [0.3, 0.4) is 0 Å². The second-order valence-corrected chi connectivity index (χ2v) is 8.68. The first-order chi connectivity index (χ1) is 12.3. The average molecular weight is 417 g/mol. The molecule has 1 aliphatic heterocycles. The number of nitrogens with one attached hydrogen (secondary N) is 1. The quantitative estimate of drug-likeness (QED) is 0.776. The number of sulfonamides is 1. The number of anilines is 2. The monoisotopic (exact) mass is 416 g/mol. The van der Waals surface area contributed by atoms with Gasteiger partial charge >= 0.3 is 6.09 Å². The third-order valence-electron chi connectivity index (χ3n) is 4.26. The van der Waals surface area contributed by atoms with Gasteiger partial charge in [-0.25, -0.2) is 18.2 Å². The molecule has 2 N–H and O–H groups in total. The molecule has 1 amide bonds. The molecule has 0 saturated carbocycles. The number of thiazole rings is 1. The fourth-order valence-corrected chi connectivity index (χ4v) is 4.79. The van der Waals surface area contributed by atoms with Crippen molar-refractivity contribution >= 4 is 50.6 Å². The first-order valence-corrected chi connectivity index (χ1v) is 10.5. The summed E-state index contributed by atoms with van der Waals surface area (Å²) in [7, 11) is -1.96. The third-order valence-corrected chi connectivity index (χ3v) is 6.50. The van der Waals surface area contributed by atoms with Crippen molar-refractivity contribution in [2.45, 2.75) is 17.4 Å². The maximum absolute atomic E-state index is 12.4. The minimum atomic E-state index is -3.78. The van der Waals surface area contributed by atoms with Crippen molar-refractivity contribution in [1.29, 1.82) is 0 Å². The second-order valence-electron chi connectivity index (χ2n) is 5.87. The van der Waals surface area contributed by atoms with E-state index in [2.05, 4.69) is 9.71 Å². The highest BCUT2D eigenvalue weighted by Gasteiger charge is 2.30. The fraction of sp³-hybridized carbons (Fsp3) is 0.333. The van der Waals surface area contributed by atoms with E-state index in [1.165, 1.54) is 33.9 Å². The number of benzene rings is 1. The average Bonchev–Trinajstić information content (AvgIpc) is 3.25. The molecule has 1 atom stereocenters. The standard InChI is InChI=1S/C15H17ClN4O4S2/c1-19(10-4-5-20(7-10)15(21)22)13-3-2-11(6-12(13)16)26(23,24)18-14-8-25-9-17-14/h2-3,6,8-10,18H,4-5,7H2,1H3,(H,21,22)/t10-/m0/s1. The fourth-order valence-electron chi connectivity index (χ4n) is 2.83. The maximum atomic E-state index is 12.4. The van der Waals surface area contributed by atoms with Gasteiger partial charge in [-0.2, -0.15) is 0 Å². The molecule has 3 rings (SSSR count). The van der Waals surface area contributed by atoms with Gasteiger partial charge in [-0.05, 0) is 24.6 Å². The largest absolute Gasteiger partial charge is 0.465 e. The van der Waals surface area contributed by atoms with Crippen LogP contribution in [0.4, 0.5) is 16.3 Å². The lowest BCUT2D eigenvalue weighted by molar-refractivity contribution is 0.155. The zero-order valence-electron chi connectivity index (χ0n) is 13.8. The van der Waals surface area contributed by atoms with Gasteiger partial charge in [0.1, 0.15) is 0 Å². The summed E-state index contributed by atoms with van der Waals surface area (Å²) in [5, 5.41) is 10.9. The van der Waals surface area contributed by atoms with Crippen LogP contribution in [0.1, 0.15) is 6.42 Å². The van der Waals surface area contributed by atoms with E-state index in [9.17, 15) is 13.2 Å². The molecule has 140 valence electrons. The minimum absolute atomic E-state index is 0.0146. The molecule has 2 heterocycles. The number of hydrogen-bond donors (Lipinski definition) is 2. The van der Waals surface area contributed by atoms with Gasteiger partial charge in [-0.1, -0.05) is 11.6 Å². The molecule has 0 bridgehead atoms. The summed E-state index contributed by atoms with van der Waals surface area (Å²) >= 11 is 7.60. The van der Waals surface area contributed by atoms with E-state index in [0.29, 0.717) is 25.2 Å². The number of hydrogen-bond acceptors (Lipinski definition) is 6. The number of carboxylic acid groups (broad SMARTS) is 1. The minimum Gasteiger partial charge on any atom is -0.465 e. The Bertz CT molecular complexity index is 904. The summed E-state index contributed by atoms with van der Waals surface area (Å²) in [5.41, 5.74) is 2.18. The summed E-state index contributed by atoms with van der Waals surface area (Å²) in [6.45, 7) is 0.847. The Labute approximate surface area is 160 Å². The molecule has 11 heteroatoms. The van der Waals surface area contributed by atoms with E-state index in [1.807, 2.05) is 11.9 Å². The normalized spacial score (nSPS) is 17.3. The van der Waals surface area contributed by atoms with Gasteiger partial charge < -0.3 is 14.9 Å². The van der Waals surface area contributed by atoms with Gasteiger partial charge in [0.25, 0.3) is 10.0 Å². The number of nitrogens with zero attached hydrogens (tertiary/aromatic N) is 3. The lowest BCUT2D eigenvalue weighted by atomic mass is 10.2. The Morgan fingerprint density at radius 2 is 2.27 bits per heavy atom. The Hall–Kier alpha value is -2.04. The van der Waals surface area contributed by atoms with E-state index in [-0.39, 0.29) is 21.8 Å². The molecular formula is C15H17ClN4O4S2. The number of likely N-dealkylation sites (tertiary alicyclic amines) is 1. The number of amides is 1. The first kappa shape index (κ1) is 18.7. The van der Waals surface area contributed by atoms with Crippen molar-refractivity contribution in [2.75, 3.05) is 29.8 Å². The lowest BCUT2D eigenvalue weighted by Crippen LogP contribution is -2.36. The molecular weight excluding hydrogens is 400 g/mol. The van der Waals surface area contributed by atoms with Gasteiger partial charge in [0.05, 0.1) is 21.1 Å². The van der Waals surface area contributed by atoms with E-state index < -0.39 is 16.1 Å². The van der Waals surface area contributed by atoms with Gasteiger partial charge in [0.15, 0.2) is 5.82 Å². The number of rotatable bonds is 5. The van der Waals surface area contributed by atoms with Crippen molar-refractivity contribution in [2.24, 2.45) is 0 Å². The van der Waals surface area contributed by atoms with E-state index in [4.69, 9.17) is 16.7 Å². The summed E-state index contributed by atoms with van der Waals surface area (Å²) in [6.07, 6.45) is -0.258. The molecule has 8 nitrogen and oxygen atoms in total. The van der Waals surface area contributed by atoms with Gasteiger partial charge in [0, 0.05) is 31.6 Å². The predicted molar refractivity (Wildman–Crippen MR) is 101 cm³/mol. The first-order valence-electron chi connectivity index (χ1n) is 7.69. The molecule has 1 aromatic heterocycles. The number of halogens is 1. The second kappa shape index (κ2) is 7.29. The molecule has 1 saturated heterocycles. The SMILES string of the molecule is CN(c1ccc(S(=O)(=O)Nc2cscn2)cc1Cl)[C@H]1CCN(C(=O)O)C1. The summed E-state index contributed by atoms with van der Waals surface area (Å²) in [5.74, 6) is 0.257. The molecule has 0 unspecified atom stereocenters. The third kappa shape index (κ3) is 3.87. The Kier molecular flexibility index (Phi) is 5.26. The summed E-state index contributed by atoms with van der Waals surface area (Å²) < 4.78 is 27.2. The van der Waals surface area contributed by atoms with Gasteiger partial charge in [-0.15, -0.1) is 11.3 Å². The van der Waals surface area contributed by atoms with Crippen LogP contribution in [0.5, 0.6) is 0 Å². The molecule has 2 aromatic rings. The number of aromatic nitrogens is 1. The highest BCUT2D eigenvalue weighted by Crippen LogP contribution is 2.31. The molecule has 1 aliphatic rings. The van der Waals surface area contributed by atoms with Crippen molar-refractivity contribution in [1.82, 2.24) is 9.88 Å². The molecule has 26 heavy (non-hydrogen) atoms. The van der Waals surface area contributed by atoms with Crippen LogP contribution in [-0.4, -0.2) is 55.7 Å². The van der Waals surface area contributed by atoms with Crippen LogP contribution in [0, 0.1) is 0 Å².